The first kappa shape index (κ1) is 17.4. The molecule has 0 aromatic heterocycles. The summed E-state index contributed by atoms with van der Waals surface area (Å²) in [4.78, 5) is 15.5. The summed E-state index contributed by atoms with van der Waals surface area (Å²) in [7, 11) is 0. The van der Waals surface area contributed by atoms with Crippen LogP contribution in [0.3, 0.4) is 0 Å². The highest BCUT2D eigenvalue weighted by atomic mass is 127. The molecule has 0 aromatic rings. The number of amides is 1. The van der Waals surface area contributed by atoms with Gasteiger partial charge in [0.25, 0.3) is 0 Å². The van der Waals surface area contributed by atoms with Gasteiger partial charge in [-0.25, -0.2) is 0 Å². The largest absolute Gasteiger partial charge is 0.370 e. The molecule has 0 aromatic carbocycles. The van der Waals surface area contributed by atoms with Crippen molar-refractivity contribution >= 4 is 34.5 Å². The number of rotatable bonds is 10. The molecule has 8 heteroatoms. The molecule has 0 saturated heterocycles. The minimum Gasteiger partial charge on any atom is -0.370 e. The SMILES string of the molecule is NCCNCCNC(=O)C(I)CCCN=C(N)N. The highest BCUT2D eigenvalue weighted by Crippen LogP contribution is 2.08. The van der Waals surface area contributed by atoms with E-state index >= 15 is 0 Å². The van der Waals surface area contributed by atoms with Gasteiger partial charge in [-0.2, -0.15) is 0 Å². The molecule has 0 fully saturated rings. The van der Waals surface area contributed by atoms with Gasteiger partial charge >= 0.3 is 0 Å². The summed E-state index contributed by atoms with van der Waals surface area (Å²) in [5.74, 6) is 0.144. The highest BCUT2D eigenvalue weighted by molar-refractivity contribution is 14.1. The second-order valence-corrected chi connectivity index (χ2v) is 5.25. The second kappa shape index (κ2) is 11.5. The number of carbonyl (C=O) groups excluding carboxylic acids is 1. The summed E-state index contributed by atoms with van der Waals surface area (Å²) in [6, 6.07) is 0. The fraction of sp³-hybridized carbons (Fsp3) is 0.800. The van der Waals surface area contributed by atoms with Crippen molar-refractivity contribution in [3.63, 3.8) is 0 Å². The number of aliphatic imine (C=N–C) groups is 1. The van der Waals surface area contributed by atoms with E-state index in [4.69, 9.17) is 17.2 Å². The summed E-state index contributed by atoms with van der Waals surface area (Å²) < 4.78 is -0.0497. The molecule has 0 heterocycles. The van der Waals surface area contributed by atoms with Gasteiger partial charge in [0.1, 0.15) is 0 Å². The third-order valence-electron chi connectivity index (χ3n) is 2.12. The third-order valence-corrected chi connectivity index (χ3v) is 3.31. The molecule has 0 spiro atoms. The fourth-order valence-electron chi connectivity index (χ4n) is 1.22. The molecule has 0 rings (SSSR count). The maximum absolute atomic E-state index is 11.6. The van der Waals surface area contributed by atoms with E-state index in [0.29, 0.717) is 19.6 Å². The molecule has 8 N–H and O–H groups in total. The molecule has 0 bridgehead atoms. The number of carbonyl (C=O) groups is 1. The number of guanidine groups is 1. The van der Waals surface area contributed by atoms with Crippen molar-refractivity contribution in [2.75, 3.05) is 32.7 Å². The Bertz CT molecular complexity index is 257. The van der Waals surface area contributed by atoms with Gasteiger partial charge in [0, 0.05) is 32.7 Å². The van der Waals surface area contributed by atoms with Gasteiger partial charge in [-0.3, -0.25) is 9.79 Å². The monoisotopic (exact) mass is 370 g/mol. The number of nitrogens with one attached hydrogen (secondary N) is 2. The topological polar surface area (TPSA) is 132 Å². The molecule has 0 aliphatic rings. The zero-order chi connectivity index (χ0) is 13.8. The molecule has 1 unspecified atom stereocenters. The Hall–Kier alpha value is -0.610. The second-order valence-electron chi connectivity index (χ2n) is 3.75. The minimum absolute atomic E-state index is 0.0497. The lowest BCUT2D eigenvalue weighted by molar-refractivity contribution is -0.120. The van der Waals surface area contributed by atoms with Crippen LogP contribution < -0.4 is 27.8 Å². The van der Waals surface area contributed by atoms with Crippen molar-refractivity contribution in [1.82, 2.24) is 10.6 Å². The van der Waals surface area contributed by atoms with Gasteiger partial charge in [0.05, 0.1) is 3.92 Å². The van der Waals surface area contributed by atoms with Crippen LogP contribution in [0.4, 0.5) is 0 Å². The molecule has 0 saturated carbocycles. The van der Waals surface area contributed by atoms with Gasteiger partial charge in [-0.05, 0) is 12.8 Å². The van der Waals surface area contributed by atoms with Crippen molar-refractivity contribution in [2.45, 2.75) is 16.8 Å². The Morgan fingerprint density at radius 1 is 1.28 bits per heavy atom. The van der Waals surface area contributed by atoms with E-state index in [2.05, 4.69) is 38.2 Å². The molecule has 0 aliphatic heterocycles. The maximum atomic E-state index is 11.6. The van der Waals surface area contributed by atoms with Crippen LogP contribution in [0.5, 0.6) is 0 Å². The number of alkyl halides is 1. The lowest BCUT2D eigenvalue weighted by Crippen LogP contribution is -2.37. The Balaban J connectivity index is 3.54. The molecule has 0 aliphatic carbocycles. The Morgan fingerprint density at radius 3 is 2.61 bits per heavy atom. The summed E-state index contributed by atoms with van der Waals surface area (Å²) in [5.41, 5.74) is 15.7. The first-order valence-corrected chi connectivity index (χ1v) is 7.20. The van der Waals surface area contributed by atoms with Gasteiger partial charge in [0.15, 0.2) is 5.96 Å². The lowest BCUT2D eigenvalue weighted by Gasteiger charge is -2.10. The fourth-order valence-corrected chi connectivity index (χ4v) is 1.88. The minimum atomic E-state index is -0.0497. The molecule has 0 radical (unpaired) electrons. The summed E-state index contributed by atoms with van der Waals surface area (Å²) in [6.07, 6.45) is 1.56. The van der Waals surface area contributed by atoms with E-state index in [1.807, 2.05) is 0 Å². The van der Waals surface area contributed by atoms with Crippen LogP contribution in [-0.2, 0) is 4.79 Å². The summed E-state index contributed by atoms with van der Waals surface area (Å²) >= 11 is 2.13. The van der Waals surface area contributed by atoms with E-state index < -0.39 is 0 Å². The quantitative estimate of drug-likeness (QED) is 0.105. The average molecular weight is 370 g/mol. The summed E-state index contributed by atoms with van der Waals surface area (Å²) in [5, 5.41) is 5.96. The van der Waals surface area contributed by atoms with E-state index in [9.17, 15) is 4.79 Å². The predicted octanol–water partition coefficient (Wildman–Crippen LogP) is -1.49. The molecule has 1 atom stereocenters. The predicted molar refractivity (Wildman–Crippen MR) is 82.7 cm³/mol. The van der Waals surface area contributed by atoms with Crippen molar-refractivity contribution in [3.8, 4) is 0 Å². The molecule has 7 nitrogen and oxygen atoms in total. The first-order chi connectivity index (χ1) is 8.57. The normalized spacial score (nSPS) is 11.9. The Kier molecular flexibility index (Phi) is 11.1. The molecular weight excluding hydrogens is 347 g/mol. The average Bonchev–Trinajstić information content (AvgIpc) is 2.33. The van der Waals surface area contributed by atoms with Gasteiger partial charge in [0.2, 0.25) is 5.91 Å². The number of halogens is 1. The van der Waals surface area contributed by atoms with Crippen LogP contribution in [-0.4, -0.2) is 48.5 Å². The molecule has 106 valence electrons. The highest BCUT2D eigenvalue weighted by Gasteiger charge is 2.12. The van der Waals surface area contributed by atoms with Crippen LogP contribution in [0.2, 0.25) is 0 Å². The van der Waals surface area contributed by atoms with Crippen LogP contribution in [0.1, 0.15) is 12.8 Å². The van der Waals surface area contributed by atoms with E-state index in [0.717, 1.165) is 25.9 Å². The van der Waals surface area contributed by atoms with E-state index in [-0.39, 0.29) is 15.8 Å². The maximum Gasteiger partial charge on any atom is 0.233 e. The van der Waals surface area contributed by atoms with Gasteiger partial charge in [-0.15, -0.1) is 0 Å². The zero-order valence-corrected chi connectivity index (χ0v) is 12.7. The van der Waals surface area contributed by atoms with Crippen molar-refractivity contribution in [2.24, 2.45) is 22.2 Å². The number of hydrogen-bond donors (Lipinski definition) is 5. The van der Waals surface area contributed by atoms with Gasteiger partial charge in [-0.1, -0.05) is 22.6 Å². The molecule has 1 amide bonds. The third kappa shape index (κ3) is 10.5. The lowest BCUT2D eigenvalue weighted by atomic mass is 10.2. The van der Waals surface area contributed by atoms with E-state index in [1.54, 1.807) is 0 Å². The van der Waals surface area contributed by atoms with Gasteiger partial charge < -0.3 is 27.8 Å². The van der Waals surface area contributed by atoms with Crippen LogP contribution in [0.15, 0.2) is 4.99 Å². The van der Waals surface area contributed by atoms with Crippen LogP contribution in [0, 0.1) is 0 Å². The smallest absolute Gasteiger partial charge is 0.233 e. The van der Waals surface area contributed by atoms with Crippen LogP contribution >= 0.6 is 22.6 Å². The van der Waals surface area contributed by atoms with Crippen molar-refractivity contribution in [3.05, 3.63) is 0 Å². The van der Waals surface area contributed by atoms with Crippen molar-refractivity contribution in [1.29, 1.82) is 0 Å². The van der Waals surface area contributed by atoms with Crippen LogP contribution in [0.25, 0.3) is 0 Å². The zero-order valence-electron chi connectivity index (χ0n) is 10.5. The first-order valence-electron chi connectivity index (χ1n) is 5.96. The standard InChI is InChI=1S/C10H23IN6O/c11-8(2-1-4-17-10(13)14)9(18)16-7-6-15-5-3-12/h8,15H,1-7,12H2,(H,16,18)(H4,13,14,17). The number of nitrogens with two attached hydrogens (primary N) is 3. The number of nitrogens with zero attached hydrogens (tertiary/aromatic N) is 1. The summed E-state index contributed by atoms with van der Waals surface area (Å²) in [6.45, 7) is 3.29. The van der Waals surface area contributed by atoms with E-state index in [1.165, 1.54) is 0 Å². The molecular formula is C10H23IN6O. The Labute approximate surface area is 121 Å². The van der Waals surface area contributed by atoms with Crippen molar-refractivity contribution < 1.29 is 4.79 Å². The Morgan fingerprint density at radius 2 is 2.00 bits per heavy atom. The number of hydrogen-bond acceptors (Lipinski definition) is 4. The molecule has 18 heavy (non-hydrogen) atoms.